The Morgan fingerprint density at radius 1 is 1.33 bits per heavy atom. The minimum Gasteiger partial charge on any atom is -0.481 e. The first-order valence-corrected chi connectivity index (χ1v) is 6.86. The van der Waals surface area contributed by atoms with Gasteiger partial charge in [-0.1, -0.05) is 13.3 Å². The van der Waals surface area contributed by atoms with Crippen LogP contribution in [0.1, 0.15) is 45.4 Å². The van der Waals surface area contributed by atoms with Gasteiger partial charge in [-0.15, -0.1) is 0 Å². The van der Waals surface area contributed by atoms with E-state index in [2.05, 4.69) is 5.32 Å². The van der Waals surface area contributed by atoms with E-state index in [-0.39, 0.29) is 6.03 Å². The Morgan fingerprint density at radius 3 is 2.39 bits per heavy atom. The molecular formula is C13H22N2O3. The van der Waals surface area contributed by atoms with Crippen molar-refractivity contribution >= 4 is 12.0 Å². The fraction of sp³-hybridized carbons (Fsp3) is 0.846. The summed E-state index contributed by atoms with van der Waals surface area (Å²) < 4.78 is 0. The standard InChI is InChI=1S/C13H22N2O3/c1-2-5-13(11(16)17)6-8-15(9-7-13)12(18)14-10-3-4-10/h10H,2-9H2,1H3,(H,14,18)(H,16,17). The molecule has 0 aromatic rings. The van der Waals surface area contributed by atoms with Gasteiger partial charge in [-0.3, -0.25) is 4.79 Å². The number of nitrogens with one attached hydrogen (secondary N) is 1. The van der Waals surface area contributed by atoms with Crippen molar-refractivity contribution in [3.05, 3.63) is 0 Å². The van der Waals surface area contributed by atoms with Crippen LogP contribution >= 0.6 is 0 Å². The number of hydrogen-bond donors (Lipinski definition) is 2. The third-order valence-electron chi connectivity index (χ3n) is 4.09. The lowest BCUT2D eigenvalue weighted by Crippen LogP contribution is -2.50. The molecule has 2 N–H and O–H groups in total. The van der Waals surface area contributed by atoms with Gasteiger partial charge >= 0.3 is 12.0 Å². The number of amides is 2. The molecule has 2 fully saturated rings. The number of carbonyl (C=O) groups is 2. The van der Waals surface area contributed by atoms with Gasteiger partial charge in [0, 0.05) is 19.1 Å². The molecule has 0 radical (unpaired) electrons. The number of piperidine rings is 1. The van der Waals surface area contributed by atoms with Crippen molar-refractivity contribution in [3.8, 4) is 0 Å². The summed E-state index contributed by atoms with van der Waals surface area (Å²) in [4.78, 5) is 25.0. The van der Waals surface area contributed by atoms with Crippen molar-refractivity contribution in [3.63, 3.8) is 0 Å². The zero-order chi connectivity index (χ0) is 13.2. The maximum atomic E-state index is 11.9. The molecule has 18 heavy (non-hydrogen) atoms. The van der Waals surface area contributed by atoms with Crippen LogP contribution in [-0.4, -0.2) is 41.1 Å². The number of carboxylic acids is 1. The smallest absolute Gasteiger partial charge is 0.317 e. The van der Waals surface area contributed by atoms with Gasteiger partial charge < -0.3 is 15.3 Å². The third kappa shape index (κ3) is 2.76. The van der Waals surface area contributed by atoms with Crippen LogP contribution in [0.5, 0.6) is 0 Å². The highest BCUT2D eigenvalue weighted by molar-refractivity contribution is 5.77. The molecular weight excluding hydrogens is 232 g/mol. The molecule has 0 unspecified atom stereocenters. The van der Waals surface area contributed by atoms with Gasteiger partial charge in [0.15, 0.2) is 0 Å². The molecule has 0 aromatic carbocycles. The van der Waals surface area contributed by atoms with Crippen LogP contribution in [-0.2, 0) is 4.79 Å². The van der Waals surface area contributed by atoms with Crippen molar-refractivity contribution in [2.24, 2.45) is 5.41 Å². The average Bonchev–Trinajstić information content (AvgIpc) is 3.14. The SMILES string of the molecule is CCCC1(C(=O)O)CCN(C(=O)NC2CC2)CC1. The predicted octanol–water partition coefficient (Wildman–Crippen LogP) is 1.83. The topological polar surface area (TPSA) is 69.6 Å². The number of rotatable bonds is 4. The number of carbonyl (C=O) groups excluding carboxylic acids is 1. The molecule has 1 saturated heterocycles. The van der Waals surface area contributed by atoms with Crippen LogP contribution in [0.2, 0.25) is 0 Å². The number of aliphatic carboxylic acids is 1. The Bertz CT molecular complexity index is 331. The first kappa shape index (κ1) is 13.2. The summed E-state index contributed by atoms with van der Waals surface area (Å²) >= 11 is 0. The molecule has 0 spiro atoms. The van der Waals surface area contributed by atoms with Crippen molar-refractivity contribution in [2.75, 3.05) is 13.1 Å². The molecule has 1 aliphatic carbocycles. The Morgan fingerprint density at radius 2 is 1.94 bits per heavy atom. The lowest BCUT2D eigenvalue weighted by atomic mass is 9.75. The summed E-state index contributed by atoms with van der Waals surface area (Å²) in [6.45, 7) is 3.13. The van der Waals surface area contributed by atoms with Crippen LogP contribution < -0.4 is 5.32 Å². The highest BCUT2D eigenvalue weighted by Gasteiger charge is 2.41. The summed E-state index contributed by atoms with van der Waals surface area (Å²) in [7, 11) is 0. The van der Waals surface area contributed by atoms with Crippen molar-refractivity contribution < 1.29 is 14.7 Å². The van der Waals surface area contributed by atoms with Crippen LogP contribution in [0.4, 0.5) is 4.79 Å². The molecule has 0 aromatic heterocycles. The number of carboxylic acid groups (broad SMARTS) is 1. The fourth-order valence-corrected chi connectivity index (χ4v) is 2.68. The third-order valence-corrected chi connectivity index (χ3v) is 4.09. The molecule has 1 heterocycles. The Kier molecular flexibility index (Phi) is 3.78. The minimum absolute atomic E-state index is 0.0204. The summed E-state index contributed by atoms with van der Waals surface area (Å²) in [5.74, 6) is -0.702. The van der Waals surface area contributed by atoms with Crippen LogP contribution in [0.3, 0.4) is 0 Å². The number of urea groups is 1. The van der Waals surface area contributed by atoms with E-state index in [1.54, 1.807) is 4.90 Å². The summed E-state index contributed by atoms with van der Waals surface area (Å²) in [5, 5.41) is 12.3. The number of nitrogens with zero attached hydrogens (tertiary/aromatic N) is 1. The molecule has 1 saturated carbocycles. The highest BCUT2D eigenvalue weighted by atomic mass is 16.4. The molecule has 2 rings (SSSR count). The van der Waals surface area contributed by atoms with Crippen molar-refractivity contribution in [1.82, 2.24) is 10.2 Å². The van der Waals surface area contributed by atoms with Crippen LogP contribution in [0.25, 0.3) is 0 Å². The zero-order valence-corrected chi connectivity index (χ0v) is 10.9. The second kappa shape index (κ2) is 5.16. The molecule has 2 amide bonds. The fourth-order valence-electron chi connectivity index (χ4n) is 2.68. The molecule has 5 nitrogen and oxygen atoms in total. The van der Waals surface area contributed by atoms with Gasteiger partial charge in [0.2, 0.25) is 0 Å². The van der Waals surface area contributed by atoms with Crippen molar-refractivity contribution in [2.45, 2.75) is 51.5 Å². The highest BCUT2D eigenvalue weighted by Crippen LogP contribution is 2.36. The Balaban J connectivity index is 1.88. The van der Waals surface area contributed by atoms with Gasteiger partial charge in [0.05, 0.1) is 5.41 Å². The molecule has 102 valence electrons. The van der Waals surface area contributed by atoms with E-state index in [1.165, 1.54) is 0 Å². The minimum atomic E-state index is -0.702. The average molecular weight is 254 g/mol. The molecule has 0 atom stereocenters. The van der Waals surface area contributed by atoms with Gasteiger partial charge in [-0.2, -0.15) is 0 Å². The summed E-state index contributed by atoms with van der Waals surface area (Å²) in [6, 6.07) is 0.340. The maximum absolute atomic E-state index is 11.9. The Labute approximate surface area is 108 Å². The quantitative estimate of drug-likeness (QED) is 0.804. The second-order valence-electron chi connectivity index (χ2n) is 5.55. The number of likely N-dealkylation sites (tertiary alicyclic amines) is 1. The van der Waals surface area contributed by atoms with E-state index in [1.807, 2.05) is 6.92 Å². The number of hydrogen-bond acceptors (Lipinski definition) is 2. The summed E-state index contributed by atoms with van der Waals surface area (Å²) in [6.07, 6.45) is 4.90. The first-order chi connectivity index (χ1) is 8.57. The van der Waals surface area contributed by atoms with Crippen molar-refractivity contribution in [1.29, 1.82) is 0 Å². The van der Waals surface area contributed by atoms with E-state index in [4.69, 9.17) is 0 Å². The van der Waals surface area contributed by atoms with E-state index >= 15 is 0 Å². The molecule has 2 aliphatic rings. The summed E-state index contributed by atoms with van der Waals surface area (Å²) in [5.41, 5.74) is -0.606. The second-order valence-corrected chi connectivity index (χ2v) is 5.55. The lowest BCUT2D eigenvalue weighted by Gasteiger charge is -2.38. The van der Waals surface area contributed by atoms with Crippen LogP contribution in [0.15, 0.2) is 0 Å². The van der Waals surface area contributed by atoms with Crippen LogP contribution in [0, 0.1) is 5.41 Å². The van der Waals surface area contributed by atoms with E-state index in [0.29, 0.717) is 38.4 Å². The lowest BCUT2D eigenvalue weighted by molar-refractivity contribution is -0.152. The largest absolute Gasteiger partial charge is 0.481 e. The first-order valence-electron chi connectivity index (χ1n) is 6.86. The monoisotopic (exact) mass is 254 g/mol. The zero-order valence-electron chi connectivity index (χ0n) is 10.9. The molecule has 1 aliphatic heterocycles. The van der Waals surface area contributed by atoms with E-state index in [9.17, 15) is 14.7 Å². The van der Waals surface area contributed by atoms with Gasteiger partial charge in [0.25, 0.3) is 0 Å². The normalized spacial score (nSPS) is 22.6. The molecule has 0 bridgehead atoms. The Hall–Kier alpha value is -1.26. The van der Waals surface area contributed by atoms with Gasteiger partial charge in [-0.25, -0.2) is 4.79 Å². The maximum Gasteiger partial charge on any atom is 0.317 e. The van der Waals surface area contributed by atoms with Gasteiger partial charge in [0.1, 0.15) is 0 Å². The molecule has 5 heteroatoms. The van der Waals surface area contributed by atoms with E-state index < -0.39 is 11.4 Å². The predicted molar refractivity (Wildman–Crippen MR) is 67.3 cm³/mol. The van der Waals surface area contributed by atoms with Gasteiger partial charge in [-0.05, 0) is 32.1 Å². The van der Waals surface area contributed by atoms with E-state index in [0.717, 1.165) is 19.3 Å².